The monoisotopic (exact) mass is 420 g/mol. The molecule has 138 valence electrons. The van der Waals surface area contributed by atoms with Crippen LogP contribution in [-0.4, -0.2) is 31.7 Å². The summed E-state index contributed by atoms with van der Waals surface area (Å²) in [6.07, 6.45) is 1.08. The molecular formula is C18H21BrN4O3. The van der Waals surface area contributed by atoms with E-state index in [4.69, 9.17) is 0 Å². The molecular weight excluding hydrogens is 400 g/mol. The molecule has 0 amide bonds. The number of nitrogens with zero attached hydrogens (tertiary/aromatic N) is 4. The van der Waals surface area contributed by atoms with Gasteiger partial charge in [0.05, 0.1) is 5.69 Å². The van der Waals surface area contributed by atoms with E-state index in [1.54, 1.807) is 13.1 Å². The number of likely N-dealkylation sites (tertiary alicyclic amines) is 1. The molecule has 2 atom stereocenters. The lowest BCUT2D eigenvalue weighted by Gasteiger charge is -2.43. The van der Waals surface area contributed by atoms with E-state index >= 15 is 0 Å². The lowest BCUT2D eigenvalue weighted by atomic mass is 9.83. The van der Waals surface area contributed by atoms with Crippen LogP contribution in [0.3, 0.4) is 0 Å². The summed E-state index contributed by atoms with van der Waals surface area (Å²) in [5.41, 5.74) is 1.24. The van der Waals surface area contributed by atoms with Crippen molar-refractivity contribution in [1.29, 1.82) is 0 Å². The fraction of sp³-hybridized carbons (Fsp3) is 0.500. The van der Waals surface area contributed by atoms with E-state index in [1.807, 2.05) is 16.7 Å². The predicted molar refractivity (Wildman–Crippen MR) is 101 cm³/mol. The third kappa shape index (κ3) is 2.72. The zero-order chi connectivity index (χ0) is 18.6. The highest BCUT2D eigenvalue weighted by molar-refractivity contribution is 9.10. The summed E-state index contributed by atoms with van der Waals surface area (Å²) in [6, 6.07) is 5.49. The summed E-state index contributed by atoms with van der Waals surface area (Å²) in [4.78, 5) is 38.9. The largest absolute Gasteiger partial charge is 0.330 e. The van der Waals surface area contributed by atoms with Gasteiger partial charge in [0.1, 0.15) is 4.47 Å². The second-order valence-electron chi connectivity index (χ2n) is 7.36. The lowest BCUT2D eigenvalue weighted by molar-refractivity contribution is 0.111. The van der Waals surface area contributed by atoms with E-state index in [9.17, 15) is 14.4 Å². The summed E-state index contributed by atoms with van der Waals surface area (Å²) in [6.45, 7) is 2.94. The Balaban J connectivity index is 1.66. The molecule has 2 aliphatic heterocycles. The van der Waals surface area contributed by atoms with Crippen LogP contribution >= 0.6 is 15.9 Å². The Hall–Kier alpha value is -1.93. The highest BCUT2D eigenvalue weighted by atomic mass is 79.9. The van der Waals surface area contributed by atoms with E-state index < -0.39 is 0 Å². The smallest absolute Gasteiger partial charge is 0.312 e. The molecule has 2 aliphatic rings. The second-order valence-corrected chi connectivity index (χ2v) is 8.15. The number of pyridine rings is 1. The normalized spacial score (nSPS) is 22.3. The van der Waals surface area contributed by atoms with Crippen molar-refractivity contribution >= 4 is 15.9 Å². The summed E-state index contributed by atoms with van der Waals surface area (Å²) in [5, 5.41) is 0. The van der Waals surface area contributed by atoms with E-state index in [0.717, 1.165) is 36.3 Å². The summed E-state index contributed by atoms with van der Waals surface area (Å²) in [5.74, 6) is 0.711. The molecule has 2 aromatic rings. The summed E-state index contributed by atoms with van der Waals surface area (Å²) < 4.78 is 4.99. The van der Waals surface area contributed by atoms with Crippen molar-refractivity contribution in [2.75, 3.05) is 13.1 Å². The van der Waals surface area contributed by atoms with E-state index in [2.05, 4.69) is 20.8 Å². The Morgan fingerprint density at radius 2 is 1.85 bits per heavy atom. The first kappa shape index (κ1) is 17.5. The van der Waals surface area contributed by atoms with Gasteiger partial charge in [-0.3, -0.25) is 23.6 Å². The van der Waals surface area contributed by atoms with Crippen LogP contribution in [0.4, 0.5) is 0 Å². The number of piperidine rings is 1. The Bertz CT molecular complexity index is 1010. The van der Waals surface area contributed by atoms with Crippen molar-refractivity contribution in [3.8, 4) is 0 Å². The first-order chi connectivity index (χ1) is 12.4. The van der Waals surface area contributed by atoms with E-state index in [0.29, 0.717) is 28.5 Å². The van der Waals surface area contributed by atoms with E-state index in [1.165, 1.54) is 11.6 Å². The molecule has 26 heavy (non-hydrogen) atoms. The zero-order valence-corrected chi connectivity index (χ0v) is 16.4. The predicted octanol–water partition coefficient (Wildman–Crippen LogP) is 0.627. The van der Waals surface area contributed by atoms with Crippen molar-refractivity contribution in [3.63, 3.8) is 0 Å². The third-order valence-electron chi connectivity index (χ3n) is 5.65. The average molecular weight is 421 g/mol. The quantitative estimate of drug-likeness (QED) is 0.714. The van der Waals surface area contributed by atoms with Crippen molar-refractivity contribution in [2.45, 2.75) is 25.4 Å². The molecule has 1 saturated heterocycles. The lowest BCUT2D eigenvalue weighted by Crippen LogP contribution is -2.48. The SMILES string of the molecule is Cn1c(CN2C[C@@H]3C[C@H](C2)c2cccc(=O)n2C3)c(Br)c(=O)n(C)c1=O. The van der Waals surface area contributed by atoms with Crippen LogP contribution in [0.25, 0.3) is 0 Å². The van der Waals surface area contributed by atoms with Gasteiger partial charge in [-0.1, -0.05) is 6.07 Å². The number of hydrogen-bond acceptors (Lipinski definition) is 4. The first-order valence-corrected chi connectivity index (χ1v) is 9.52. The van der Waals surface area contributed by atoms with Crippen molar-refractivity contribution in [3.05, 3.63) is 65.3 Å². The van der Waals surface area contributed by atoms with Gasteiger partial charge in [0.2, 0.25) is 0 Å². The van der Waals surface area contributed by atoms with Gasteiger partial charge in [-0.2, -0.15) is 0 Å². The number of aromatic nitrogens is 3. The van der Waals surface area contributed by atoms with E-state index in [-0.39, 0.29) is 16.8 Å². The molecule has 2 aromatic heterocycles. The maximum Gasteiger partial charge on any atom is 0.330 e. The van der Waals surface area contributed by atoms with Gasteiger partial charge in [0.25, 0.3) is 11.1 Å². The highest BCUT2D eigenvalue weighted by Gasteiger charge is 2.34. The van der Waals surface area contributed by atoms with Crippen LogP contribution in [0.2, 0.25) is 0 Å². The Kier molecular flexibility index (Phi) is 4.27. The van der Waals surface area contributed by atoms with Crippen LogP contribution in [0.1, 0.15) is 23.7 Å². The molecule has 7 nitrogen and oxygen atoms in total. The second kappa shape index (κ2) is 6.35. The molecule has 0 aliphatic carbocycles. The molecule has 2 bridgehead atoms. The molecule has 8 heteroatoms. The molecule has 0 unspecified atom stereocenters. The van der Waals surface area contributed by atoms with Crippen molar-refractivity contribution in [1.82, 2.24) is 18.6 Å². The van der Waals surface area contributed by atoms with Crippen LogP contribution < -0.4 is 16.8 Å². The Morgan fingerprint density at radius 3 is 2.62 bits per heavy atom. The van der Waals surface area contributed by atoms with Crippen molar-refractivity contribution < 1.29 is 0 Å². The van der Waals surface area contributed by atoms with Crippen LogP contribution in [-0.2, 0) is 27.2 Å². The molecule has 4 heterocycles. The molecule has 0 spiro atoms. The Morgan fingerprint density at radius 1 is 1.08 bits per heavy atom. The minimum Gasteiger partial charge on any atom is -0.312 e. The van der Waals surface area contributed by atoms with Crippen LogP contribution in [0, 0.1) is 5.92 Å². The molecule has 0 aromatic carbocycles. The topological polar surface area (TPSA) is 69.2 Å². The minimum atomic E-state index is -0.317. The van der Waals surface area contributed by atoms with Gasteiger partial charge in [-0.15, -0.1) is 0 Å². The van der Waals surface area contributed by atoms with Gasteiger partial charge >= 0.3 is 5.69 Å². The zero-order valence-electron chi connectivity index (χ0n) is 14.8. The van der Waals surface area contributed by atoms with Gasteiger partial charge in [-0.25, -0.2) is 4.79 Å². The van der Waals surface area contributed by atoms with Crippen molar-refractivity contribution in [2.24, 2.45) is 20.0 Å². The van der Waals surface area contributed by atoms with Gasteiger partial charge in [0.15, 0.2) is 0 Å². The standard InChI is InChI=1S/C18H21BrN4O3/c1-20-14(16(19)17(25)21(2)18(20)26)10-22-7-11-6-12(9-22)13-4-3-5-15(24)23(13)8-11/h3-5,11-12H,6-10H2,1-2H3/t11-,12+/m0/s1. The number of fused-ring (bicyclic) bond motifs is 4. The molecule has 0 radical (unpaired) electrons. The maximum absolute atomic E-state index is 12.2. The highest BCUT2D eigenvalue weighted by Crippen LogP contribution is 2.35. The van der Waals surface area contributed by atoms with Gasteiger partial charge < -0.3 is 4.57 Å². The Labute approximate surface area is 158 Å². The molecule has 4 rings (SSSR count). The molecule has 0 saturated carbocycles. The third-order valence-corrected chi connectivity index (χ3v) is 6.45. The minimum absolute atomic E-state index is 0.0716. The summed E-state index contributed by atoms with van der Waals surface area (Å²) >= 11 is 3.37. The molecule has 0 N–H and O–H groups in total. The molecule has 1 fully saturated rings. The fourth-order valence-electron chi connectivity index (χ4n) is 4.36. The van der Waals surface area contributed by atoms with Gasteiger partial charge in [-0.05, 0) is 34.3 Å². The van der Waals surface area contributed by atoms with Crippen LogP contribution in [0.5, 0.6) is 0 Å². The number of halogens is 1. The van der Waals surface area contributed by atoms with Gasteiger partial charge in [0, 0.05) is 58.0 Å². The first-order valence-electron chi connectivity index (χ1n) is 8.73. The number of hydrogen-bond donors (Lipinski definition) is 0. The fourth-order valence-corrected chi connectivity index (χ4v) is 5.01. The average Bonchev–Trinajstić information content (AvgIpc) is 2.63. The van der Waals surface area contributed by atoms with Crippen LogP contribution in [0.15, 0.2) is 37.1 Å². The number of rotatable bonds is 2. The summed E-state index contributed by atoms with van der Waals surface area (Å²) in [7, 11) is 3.18. The maximum atomic E-state index is 12.2.